The van der Waals surface area contributed by atoms with Gasteiger partial charge in [0, 0.05) is 25.8 Å². The van der Waals surface area contributed by atoms with Crippen LogP contribution in [0.4, 0.5) is 14.9 Å². The van der Waals surface area contributed by atoms with Gasteiger partial charge in [-0.25, -0.2) is 9.18 Å². The molecular weight excluding hydrogens is 321 g/mol. The van der Waals surface area contributed by atoms with E-state index in [0.29, 0.717) is 18.7 Å². The molecule has 5 nitrogen and oxygen atoms in total. The lowest BCUT2D eigenvalue weighted by molar-refractivity contribution is 0.238. The predicted octanol–water partition coefficient (Wildman–Crippen LogP) is 3.33. The van der Waals surface area contributed by atoms with E-state index in [0.717, 1.165) is 5.69 Å². The van der Waals surface area contributed by atoms with E-state index in [4.69, 9.17) is 4.74 Å². The number of nitrogens with one attached hydrogen (secondary N) is 2. The summed E-state index contributed by atoms with van der Waals surface area (Å²) in [4.78, 5) is 14.1. The first kappa shape index (κ1) is 18.6. The number of para-hydroxylation sites is 1. The van der Waals surface area contributed by atoms with Crippen LogP contribution in [-0.2, 0) is 0 Å². The van der Waals surface area contributed by atoms with Gasteiger partial charge in [-0.15, -0.1) is 0 Å². The maximum atomic E-state index is 13.7. The van der Waals surface area contributed by atoms with E-state index in [1.54, 1.807) is 19.1 Å². The van der Waals surface area contributed by atoms with Crippen LogP contribution in [0.2, 0.25) is 0 Å². The Morgan fingerprint density at radius 1 is 1.24 bits per heavy atom. The first-order valence-corrected chi connectivity index (χ1v) is 8.15. The molecule has 2 aromatic carbocycles. The molecule has 0 aliphatic rings. The van der Waals surface area contributed by atoms with Crippen molar-refractivity contribution >= 4 is 11.7 Å². The number of nitrogens with zero attached hydrogens (tertiary/aromatic N) is 1. The fraction of sp³-hybridized carbons (Fsp3) is 0.316. The Morgan fingerprint density at radius 3 is 2.60 bits per heavy atom. The smallest absolute Gasteiger partial charge is 0.315 e. The number of benzene rings is 2. The van der Waals surface area contributed by atoms with Crippen LogP contribution in [0.3, 0.4) is 0 Å². The van der Waals surface area contributed by atoms with Crippen LogP contribution >= 0.6 is 0 Å². The van der Waals surface area contributed by atoms with Crippen LogP contribution in [0.1, 0.15) is 18.5 Å². The standard InChI is InChI=1S/C19H24FN3O2/c1-14(15-9-10-18(25-3)17(20)13-15)22-19(24)21-11-12-23(2)16-7-5-4-6-8-16/h4-10,13-14H,11-12H2,1-3H3,(H2,21,22,24). The number of hydrogen-bond donors (Lipinski definition) is 2. The second-order valence-electron chi connectivity index (χ2n) is 5.77. The van der Waals surface area contributed by atoms with Gasteiger partial charge >= 0.3 is 6.03 Å². The predicted molar refractivity (Wildman–Crippen MR) is 97.6 cm³/mol. The van der Waals surface area contributed by atoms with E-state index >= 15 is 0 Å². The molecule has 0 aromatic heterocycles. The number of amides is 2. The van der Waals surface area contributed by atoms with Crippen molar-refractivity contribution in [2.24, 2.45) is 0 Å². The fourth-order valence-electron chi connectivity index (χ4n) is 2.43. The van der Waals surface area contributed by atoms with E-state index in [2.05, 4.69) is 15.5 Å². The van der Waals surface area contributed by atoms with Crippen LogP contribution in [-0.4, -0.2) is 33.3 Å². The van der Waals surface area contributed by atoms with Crippen molar-refractivity contribution in [3.63, 3.8) is 0 Å². The lowest BCUT2D eigenvalue weighted by Gasteiger charge is -2.20. The van der Waals surface area contributed by atoms with Crippen molar-refractivity contribution in [1.82, 2.24) is 10.6 Å². The van der Waals surface area contributed by atoms with Crippen LogP contribution in [0.15, 0.2) is 48.5 Å². The zero-order chi connectivity index (χ0) is 18.2. The summed E-state index contributed by atoms with van der Waals surface area (Å²) < 4.78 is 18.6. The minimum atomic E-state index is -0.446. The zero-order valence-corrected chi connectivity index (χ0v) is 14.8. The molecule has 2 amide bonds. The van der Waals surface area contributed by atoms with E-state index in [1.165, 1.54) is 13.2 Å². The third kappa shape index (κ3) is 5.38. The molecule has 0 saturated heterocycles. The third-order valence-corrected chi connectivity index (χ3v) is 3.95. The van der Waals surface area contributed by atoms with Crippen LogP contribution in [0.5, 0.6) is 5.75 Å². The third-order valence-electron chi connectivity index (χ3n) is 3.95. The number of likely N-dealkylation sites (N-methyl/N-ethyl adjacent to an activating group) is 1. The number of methoxy groups -OCH3 is 1. The minimum Gasteiger partial charge on any atom is -0.494 e. The average molecular weight is 345 g/mol. The molecule has 2 N–H and O–H groups in total. The summed E-state index contributed by atoms with van der Waals surface area (Å²) in [6.45, 7) is 2.99. The molecule has 2 rings (SSSR count). The molecule has 25 heavy (non-hydrogen) atoms. The van der Waals surface area contributed by atoms with Crippen LogP contribution in [0.25, 0.3) is 0 Å². The average Bonchev–Trinajstić information content (AvgIpc) is 2.62. The van der Waals surface area contributed by atoms with E-state index < -0.39 is 5.82 Å². The number of rotatable bonds is 7. The highest BCUT2D eigenvalue weighted by atomic mass is 19.1. The van der Waals surface area contributed by atoms with Gasteiger partial charge in [0.2, 0.25) is 0 Å². The Bertz CT molecular complexity index is 694. The molecule has 0 aliphatic carbocycles. The van der Waals surface area contributed by atoms with Gasteiger partial charge in [-0.3, -0.25) is 0 Å². The molecule has 134 valence electrons. The number of ether oxygens (including phenoxy) is 1. The van der Waals surface area contributed by atoms with Crippen molar-refractivity contribution in [3.05, 3.63) is 59.9 Å². The van der Waals surface area contributed by atoms with Gasteiger partial charge in [-0.2, -0.15) is 0 Å². The zero-order valence-electron chi connectivity index (χ0n) is 14.8. The van der Waals surface area contributed by atoms with E-state index in [9.17, 15) is 9.18 Å². The first-order chi connectivity index (χ1) is 12.0. The molecule has 1 atom stereocenters. The summed E-state index contributed by atoms with van der Waals surface area (Å²) in [5.41, 5.74) is 1.77. The number of carbonyl (C=O) groups excluding carboxylic acids is 1. The van der Waals surface area contributed by atoms with E-state index in [-0.39, 0.29) is 17.8 Å². The van der Waals surface area contributed by atoms with Crippen molar-refractivity contribution < 1.29 is 13.9 Å². The maximum Gasteiger partial charge on any atom is 0.315 e. The van der Waals surface area contributed by atoms with Crippen molar-refractivity contribution in [2.75, 3.05) is 32.1 Å². The van der Waals surface area contributed by atoms with Crippen LogP contribution < -0.4 is 20.3 Å². The van der Waals surface area contributed by atoms with Gasteiger partial charge in [0.15, 0.2) is 11.6 Å². The highest BCUT2D eigenvalue weighted by Crippen LogP contribution is 2.21. The van der Waals surface area contributed by atoms with Gasteiger partial charge in [-0.05, 0) is 36.8 Å². The van der Waals surface area contributed by atoms with Gasteiger partial charge in [0.05, 0.1) is 13.2 Å². The van der Waals surface area contributed by atoms with Gasteiger partial charge in [-0.1, -0.05) is 24.3 Å². The summed E-state index contributed by atoms with van der Waals surface area (Å²) in [6, 6.07) is 14.0. The topological polar surface area (TPSA) is 53.6 Å². The Morgan fingerprint density at radius 2 is 1.96 bits per heavy atom. The Hall–Kier alpha value is -2.76. The highest BCUT2D eigenvalue weighted by molar-refractivity contribution is 5.74. The number of halogens is 1. The molecule has 0 fully saturated rings. The fourth-order valence-corrected chi connectivity index (χ4v) is 2.43. The molecule has 6 heteroatoms. The van der Waals surface area contributed by atoms with Crippen molar-refractivity contribution in [3.8, 4) is 5.75 Å². The largest absolute Gasteiger partial charge is 0.494 e. The SMILES string of the molecule is COc1ccc(C(C)NC(=O)NCCN(C)c2ccccc2)cc1F. The number of anilines is 1. The monoisotopic (exact) mass is 345 g/mol. The summed E-state index contributed by atoms with van der Waals surface area (Å²) in [5.74, 6) is -0.261. The maximum absolute atomic E-state index is 13.7. The number of carbonyl (C=O) groups is 1. The van der Waals surface area contributed by atoms with Crippen molar-refractivity contribution in [1.29, 1.82) is 0 Å². The molecular formula is C19H24FN3O2. The lowest BCUT2D eigenvalue weighted by Crippen LogP contribution is -2.40. The summed E-state index contributed by atoms with van der Waals surface area (Å²) >= 11 is 0. The van der Waals surface area contributed by atoms with Gasteiger partial charge in [0.1, 0.15) is 0 Å². The summed E-state index contributed by atoms with van der Waals surface area (Å²) in [6.07, 6.45) is 0. The highest BCUT2D eigenvalue weighted by Gasteiger charge is 2.12. The molecule has 0 heterocycles. The van der Waals surface area contributed by atoms with E-state index in [1.807, 2.05) is 37.4 Å². The quantitative estimate of drug-likeness (QED) is 0.809. The molecule has 0 bridgehead atoms. The molecule has 0 radical (unpaired) electrons. The summed E-state index contributed by atoms with van der Waals surface area (Å²) in [7, 11) is 3.39. The first-order valence-electron chi connectivity index (χ1n) is 8.15. The molecule has 0 aliphatic heterocycles. The Balaban J connectivity index is 1.79. The van der Waals surface area contributed by atoms with Crippen molar-refractivity contribution in [2.45, 2.75) is 13.0 Å². The Labute approximate surface area is 147 Å². The molecule has 2 aromatic rings. The van der Waals surface area contributed by atoms with Crippen LogP contribution in [0, 0.1) is 5.82 Å². The van der Waals surface area contributed by atoms with Gasteiger partial charge in [0.25, 0.3) is 0 Å². The Kier molecular flexibility index (Phi) is 6.62. The van der Waals surface area contributed by atoms with Gasteiger partial charge < -0.3 is 20.3 Å². The second-order valence-corrected chi connectivity index (χ2v) is 5.77. The molecule has 0 spiro atoms. The molecule has 1 unspecified atom stereocenters. The second kappa shape index (κ2) is 8.92. The minimum absolute atomic E-state index is 0.185. The number of urea groups is 1. The summed E-state index contributed by atoms with van der Waals surface area (Å²) in [5, 5.41) is 5.61. The molecule has 0 saturated carbocycles. The normalized spacial score (nSPS) is 11.5. The number of hydrogen-bond acceptors (Lipinski definition) is 3. The lowest BCUT2D eigenvalue weighted by atomic mass is 10.1.